The Hall–Kier alpha value is -2.04. The highest BCUT2D eigenvalue weighted by Gasteiger charge is 2.49. The molecule has 0 aromatic heterocycles. The fourth-order valence-electron chi connectivity index (χ4n) is 3.09. The molecule has 1 heterocycles. The summed E-state index contributed by atoms with van der Waals surface area (Å²) in [7, 11) is 1.60. The highest BCUT2D eigenvalue weighted by molar-refractivity contribution is 6.06. The van der Waals surface area contributed by atoms with Gasteiger partial charge >= 0.3 is 6.03 Å². The van der Waals surface area contributed by atoms with Crippen molar-refractivity contribution < 1.29 is 14.3 Å². The van der Waals surface area contributed by atoms with E-state index in [4.69, 9.17) is 4.74 Å². The Morgan fingerprint density at radius 2 is 1.86 bits per heavy atom. The van der Waals surface area contributed by atoms with Crippen molar-refractivity contribution in [2.75, 3.05) is 7.11 Å². The van der Waals surface area contributed by atoms with Crippen molar-refractivity contribution in [3.8, 4) is 5.75 Å². The second-order valence-electron chi connectivity index (χ2n) is 5.76. The Kier molecular flexibility index (Phi) is 5.06. The van der Waals surface area contributed by atoms with Crippen LogP contribution in [0, 0.1) is 0 Å². The zero-order valence-corrected chi connectivity index (χ0v) is 13.5. The molecule has 22 heavy (non-hydrogen) atoms. The highest BCUT2D eigenvalue weighted by atomic mass is 16.5. The van der Waals surface area contributed by atoms with Gasteiger partial charge in [-0.2, -0.15) is 0 Å². The average molecular weight is 304 g/mol. The summed E-state index contributed by atoms with van der Waals surface area (Å²) in [5.41, 5.74) is 0.158. The molecule has 0 spiro atoms. The molecule has 0 aliphatic carbocycles. The van der Waals surface area contributed by atoms with Gasteiger partial charge in [-0.3, -0.25) is 9.69 Å². The molecule has 1 aliphatic heterocycles. The summed E-state index contributed by atoms with van der Waals surface area (Å²) in [4.78, 5) is 26.4. The molecule has 0 radical (unpaired) electrons. The fourth-order valence-corrected chi connectivity index (χ4v) is 3.09. The van der Waals surface area contributed by atoms with Gasteiger partial charge in [0.25, 0.3) is 5.91 Å². The van der Waals surface area contributed by atoms with Crippen LogP contribution in [0.1, 0.15) is 45.1 Å². The van der Waals surface area contributed by atoms with E-state index in [1.165, 1.54) is 4.90 Å². The molecule has 0 atom stereocenters. The Labute approximate surface area is 131 Å². The summed E-state index contributed by atoms with van der Waals surface area (Å²) in [6.45, 7) is 4.33. The first kappa shape index (κ1) is 16.3. The lowest BCUT2D eigenvalue weighted by Gasteiger charge is -2.25. The van der Waals surface area contributed by atoms with Crippen LogP contribution in [0.4, 0.5) is 4.79 Å². The van der Waals surface area contributed by atoms with Crippen LogP contribution in [-0.4, -0.2) is 29.5 Å². The van der Waals surface area contributed by atoms with Crippen LogP contribution in [-0.2, 0) is 11.3 Å². The van der Waals surface area contributed by atoms with Crippen LogP contribution >= 0.6 is 0 Å². The molecular formula is C17H24N2O3. The fraction of sp³-hybridized carbons (Fsp3) is 0.529. The first-order valence-electron chi connectivity index (χ1n) is 7.83. The summed E-state index contributed by atoms with van der Waals surface area (Å²) in [5.74, 6) is 0.613. The summed E-state index contributed by atoms with van der Waals surface area (Å²) < 4.78 is 5.19. The number of benzene rings is 1. The maximum absolute atomic E-state index is 12.8. The van der Waals surface area contributed by atoms with Crippen molar-refractivity contribution >= 4 is 11.9 Å². The minimum atomic E-state index is -0.723. The Morgan fingerprint density at radius 1 is 1.18 bits per heavy atom. The summed E-state index contributed by atoms with van der Waals surface area (Å²) in [5, 5.41) is 2.92. The standard InChI is InChI=1S/C17H24N2O3/c1-4-9-17(10-5-2)15(20)19(16(21)18-17)12-13-7-6-8-14(11-13)22-3/h6-8,11H,4-5,9-10,12H2,1-3H3,(H,18,21). The number of carbonyl (C=O) groups excluding carboxylic acids is 2. The minimum Gasteiger partial charge on any atom is -0.497 e. The van der Waals surface area contributed by atoms with E-state index < -0.39 is 5.54 Å². The normalized spacial score (nSPS) is 16.8. The maximum Gasteiger partial charge on any atom is 0.325 e. The maximum atomic E-state index is 12.8. The third-order valence-corrected chi connectivity index (χ3v) is 4.07. The number of rotatable bonds is 7. The molecule has 1 fully saturated rings. The molecule has 5 nitrogen and oxygen atoms in total. The number of imide groups is 1. The van der Waals surface area contributed by atoms with Gasteiger partial charge in [-0.05, 0) is 30.5 Å². The molecular weight excluding hydrogens is 280 g/mol. The Balaban J connectivity index is 2.20. The van der Waals surface area contributed by atoms with Crippen molar-refractivity contribution in [2.45, 2.75) is 51.6 Å². The van der Waals surface area contributed by atoms with Crippen molar-refractivity contribution in [1.82, 2.24) is 10.2 Å². The predicted molar refractivity (Wildman–Crippen MR) is 84.6 cm³/mol. The molecule has 120 valence electrons. The van der Waals surface area contributed by atoms with Crippen LogP contribution in [0.2, 0.25) is 0 Å². The summed E-state index contributed by atoms with van der Waals surface area (Å²) in [6, 6.07) is 7.14. The number of carbonyl (C=O) groups is 2. The SMILES string of the molecule is CCCC1(CCC)NC(=O)N(Cc2cccc(OC)c2)C1=O. The van der Waals surface area contributed by atoms with Crippen LogP contribution in [0.5, 0.6) is 5.75 Å². The van der Waals surface area contributed by atoms with Crippen LogP contribution in [0.3, 0.4) is 0 Å². The number of methoxy groups -OCH3 is 1. The Bertz CT molecular complexity index is 551. The van der Waals surface area contributed by atoms with Gasteiger partial charge in [-0.25, -0.2) is 4.79 Å². The molecule has 1 aliphatic rings. The first-order valence-corrected chi connectivity index (χ1v) is 7.83. The van der Waals surface area contributed by atoms with Gasteiger partial charge in [0, 0.05) is 0 Å². The van der Waals surface area contributed by atoms with Crippen LogP contribution in [0.25, 0.3) is 0 Å². The number of amides is 3. The smallest absolute Gasteiger partial charge is 0.325 e. The first-order chi connectivity index (χ1) is 10.6. The molecule has 0 unspecified atom stereocenters. The molecule has 2 rings (SSSR count). The van der Waals surface area contributed by atoms with E-state index >= 15 is 0 Å². The second-order valence-corrected chi connectivity index (χ2v) is 5.76. The van der Waals surface area contributed by atoms with Crippen LogP contribution < -0.4 is 10.1 Å². The lowest BCUT2D eigenvalue weighted by molar-refractivity contribution is -0.132. The molecule has 0 bridgehead atoms. The number of nitrogens with one attached hydrogen (secondary N) is 1. The van der Waals surface area contributed by atoms with Gasteiger partial charge in [0.05, 0.1) is 13.7 Å². The van der Waals surface area contributed by atoms with Crippen LogP contribution in [0.15, 0.2) is 24.3 Å². The summed E-state index contributed by atoms with van der Waals surface area (Å²) >= 11 is 0. The molecule has 3 amide bonds. The minimum absolute atomic E-state index is 0.107. The monoisotopic (exact) mass is 304 g/mol. The summed E-state index contributed by atoms with van der Waals surface area (Å²) in [6.07, 6.45) is 3.08. The van der Waals surface area contributed by atoms with Gasteiger partial charge in [-0.15, -0.1) is 0 Å². The van der Waals surface area contributed by atoms with Crippen molar-refractivity contribution in [1.29, 1.82) is 0 Å². The highest BCUT2D eigenvalue weighted by Crippen LogP contribution is 2.29. The van der Waals surface area contributed by atoms with Crippen molar-refractivity contribution in [3.63, 3.8) is 0 Å². The van der Waals surface area contributed by atoms with Gasteiger partial charge in [-0.1, -0.05) is 38.8 Å². The lowest BCUT2D eigenvalue weighted by Crippen LogP contribution is -2.46. The average Bonchev–Trinajstić information content (AvgIpc) is 2.73. The van der Waals surface area contributed by atoms with Gasteiger partial charge in [0.1, 0.15) is 11.3 Å². The number of urea groups is 1. The van der Waals surface area contributed by atoms with Gasteiger partial charge < -0.3 is 10.1 Å². The number of nitrogens with zero attached hydrogens (tertiary/aromatic N) is 1. The van der Waals surface area contributed by atoms with E-state index in [1.54, 1.807) is 7.11 Å². The van der Waals surface area contributed by atoms with E-state index in [0.29, 0.717) is 12.8 Å². The topological polar surface area (TPSA) is 58.6 Å². The zero-order valence-electron chi connectivity index (χ0n) is 13.5. The molecule has 0 saturated carbocycles. The molecule has 1 aromatic rings. The van der Waals surface area contributed by atoms with E-state index in [1.807, 2.05) is 38.1 Å². The predicted octanol–water partition coefficient (Wildman–Crippen LogP) is 3.09. The molecule has 1 N–H and O–H groups in total. The van der Waals surface area contributed by atoms with E-state index in [0.717, 1.165) is 24.2 Å². The van der Waals surface area contributed by atoms with Crippen molar-refractivity contribution in [2.24, 2.45) is 0 Å². The third-order valence-electron chi connectivity index (χ3n) is 4.07. The van der Waals surface area contributed by atoms with E-state index in [2.05, 4.69) is 5.32 Å². The van der Waals surface area contributed by atoms with Crippen molar-refractivity contribution in [3.05, 3.63) is 29.8 Å². The van der Waals surface area contributed by atoms with Gasteiger partial charge in [0.2, 0.25) is 0 Å². The quantitative estimate of drug-likeness (QED) is 0.788. The second kappa shape index (κ2) is 6.81. The lowest BCUT2D eigenvalue weighted by atomic mass is 9.88. The number of hydrogen-bond donors (Lipinski definition) is 1. The molecule has 1 saturated heterocycles. The van der Waals surface area contributed by atoms with E-state index in [9.17, 15) is 9.59 Å². The number of hydrogen-bond acceptors (Lipinski definition) is 3. The Morgan fingerprint density at radius 3 is 2.45 bits per heavy atom. The molecule has 1 aromatic carbocycles. The largest absolute Gasteiger partial charge is 0.497 e. The number of ether oxygens (including phenoxy) is 1. The third kappa shape index (κ3) is 3.08. The van der Waals surface area contributed by atoms with Gasteiger partial charge in [0.15, 0.2) is 0 Å². The molecule has 5 heteroatoms. The zero-order chi connectivity index (χ0) is 16.2. The van der Waals surface area contributed by atoms with E-state index in [-0.39, 0.29) is 18.5 Å².